The zero-order valence-corrected chi connectivity index (χ0v) is 10.7. The Morgan fingerprint density at radius 1 is 1.12 bits per heavy atom. The number of anilines is 1. The largest absolute Gasteiger partial charge is 0.396 e. The van der Waals surface area contributed by atoms with Gasteiger partial charge in [0.15, 0.2) is 8.24 Å². The molecule has 0 bridgehead atoms. The van der Waals surface area contributed by atoms with E-state index < -0.39 is 8.24 Å². The third-order valence-corrected chi connectivity index (χ3v) is 6.61. The molecule has 2 nitrogen and oxygen atoms in total. The maximum atomic E-state index is 3.86. The van der Waals surface area contributed by atoms with Gasteiger partial charge in [-0.2, -0.15) is 0 Å². The van der Waals surface area contributed by atoms with Gasteiger partial charge < -0.3 is 9.97 Å². The van der Waals surface area contributed by atoms with Gasteiger partial charge in [0, 0.05) is 6.20 Å². The van der Waals surface area contributed by atoms with Crippen molar-refractivity contribution in [3.63, 3.8) is 0 Å². The quantitative estimate of drug-likeness (QED) is 0.516. The molecule has 0 amide bonds. The fraction of sp³-hybridized carbons (Fsp3) is 0.231. The Labute approximate surface area is 98.9 Å². The van der Waals surface area contributed by atoms with Gasteiger partial charge in [-0.05, 0) is 30.3 Å². The summed E-state index contributed by atoms with van der Waals surface area (Å²) in [7, 11) is -1.64. The molecule has 0 aliphatic rings. The lowest BCUT2D eigenvalue weighted by Crippen LogP contribution is -2.42. The number of aromatic nitrogens is 1. The number of nitrogens with one attached hydrogen (secondary N) is 2. The molecule has 0 unspecified atom stereocenters. The van der Waals surface area contributed by atoms with E-state index >= 15 is 0 Å². The molecule has 0 fully saturated rings. The minimum Gasteiger partial charge on any atom is -0.396 e. The van der Waals surface area contributed by atoms with Gasteiger partial charge in [-0.3, -0.25) is 0 Å². The summed E-state index contributed by atoms with van der Waals surface area (Å²) >= 11 is 0. The molecule has 1 aromatic heterocycles. The number of aromatic amines is 1. The van der Waals surface area contributed by atoms with Crippen LogP contribution in [0.4, 0.5) is 5.82 Å². The lowest BCUT2D eigenvalue weighted by atomic mass is 10.6. The Bertz CT molecular complexity index is 314. The summed E-state index contributed by atoms with van der Waals surface area (Å²) in [4.78, 5) is 6.83. The molecular weight excluding hydrogens is 212 g/mol. The van der Waals surface area contributed by atoms with Crippen LogP contribution in [0.25, 0.3) is 0 Å². The summed E-state index contributed by atoms with van der Waals surface area (Å²) in [5.74, 6) is 1.08. The Balaban J connectivity index is 2.85. The summed E-state index contributed by atoms with van der Waals surface area (Å²) in [6.45, 7) is 11.6. The second kappa shape index (κ2) is 6.18. The Hall–Kier alpha value is -1.48. The Kier molecular flexibility index (Phi) is 4.86. The van der Waals surface area contributed by atoms with Gasteiger partial charge >= 0.3 is 0 Å². The first-order valence-electron chi connectivity index (χ1n) is 5.50. The van der Waals surface area contributed by atoms with E-state index in [0.717, 1.165) is 24.0 Å². The first kappa shape index (κ1) is 12.6. The molecule has 1 aromatic rings. The molecular formula is C13H20N2Si. The molecule has 1 heterocycles. The highest BCUT2D eigenvalue weighted by Crippen LogP contribution is 2.24. The van der Waals surface area contributed by atoms with Crippen LogP contribution in [0.1, 0.15) is 0 Å². The topological polar surface area (TPSA) is 27.8 Å². The monoisotopic (exact) mass is 232 g/mol. The molecule has 16 heavy (non-hydrogen) atoms. The molecule has 0 spiro atoms. The van der Waals surface area contributed by atoms with Gasteiger partial charge in [-0.25, -0.2) is 0 Å². The van der Waals surface area contributed by atoms with Crippen LogP contribution in [0.3, 0.4) is 0 Å². The maximum absolute atomic E-state index is 3.86. The maximum Gasteiger partial charge on any atom is 0.166 e. The average molecular weight is 232 g/mol. The molecule has 2 N–H and O–H groups in total. The zero-order valence-electron chi connectivity index (χ0n) is 9.71. The lowest BCUT2D eigenvalue weighted by Gasteiger charge is -2.29. The SMILES string of the molecule is C=CC[Si](CC=C)(CC=C)Nc1ccc[nH]1. The fourth-order valence-corrected chi connectivity index (χ4v) is 5.12. The van der Waals surface area contributed by atoms with Crippen LogP contribution in [-0.2, 0) is 0 Å². The van der Waals surface area contributed by atoms with Crippen molar-refractivity contribution in [3.8, 4) is 0 Å². The van der Waals surface area contributed by atoms with Gasteiger partial charge in [0.25, 0.3) is 0 Å². The smallest absolute Gasteiger partial charge is 0.166 e. The van der Waals surface area contributed by atoms with Crippen molar-refractivity contribution in [2.45, 2.75) is 18.1 Å². The summed E-state index contributed by atoms with van der Waals surface area (Å²) < 4.78 is 0. The van der Waals surface area contributed by atoms with E-state index in [0.29, 0.717) is 0 Å². The number of H-pyrrole nitrogens is 1. The van der Waals surface area contributed by atoms with E-state index in [1.165, 1.54) is 0 Å². The molecule has 0 aliphatic carbocycles. The van der Waals surface area contributed by atoms with E-state index in [2.05, 4.69) is 35.8 Å². The van der Waals surface area contributed by atoms with Crippen molar-refractivity contribution >= 4 is 14.1 Å². The summed E-state index contributed by atoms with van der Waals surface area (Å²) in [5.41, 5.74) is 0. The van der Waals surface area contributed by atoms with Crippen LogP contribution < -0.4 is 4.98 Å². The van der Waals surface area contributed by atoms with Gasteiger partial charge in [0.05, 0.1) is 5.82 Å². The van der Waals surface area contributed by atoms with Crippen molar-refractivity contribution in [1.82, 2.24) is 4.98 Å². The second-order valence-corrected chi connectivity index (χ2v) is 8.00. The van der Waals surface area contributed by atoms with E-state index in [4.69, 9.17) is 0 Å². The van der Waals surface area contributed by atoms with Crippen LogP contribution in [0.5, 0.6) is 0 Å². The van der Waals surface area contributed by atoms with Crippen molar-refractivity contribution in [2.75, 3.05) is 4.98 Å². The van der Waals surface area contributed by atoms with Gasteiger partial charge in [0.1, 0.15) is 0 Å². The van der Waals surface area contributed by atoms with E-state index in [1.807, 2.05) is 30.5 Å². The molecule has 0 saturated carbocycles. The average Bonchev–Trinajstić information content (AvgIpc) is 2.71. The van der Waals surface area contributed by atoms with Gasteiger partial charge in [-0.15, -0.1) is 19.7 Å². The third kappa shape index (κ3) is 3.27. The number of hydrogen-bond acceptors (Lipinski definition) is 1. The van der Waals surface area contributed by atoms with Gasteiger partial charge in [-0.1, -0.05) is 18.2 Å². The Morgan fingerprint density at radius 2 is 1.69 bits per heavy atom. The number of rotatable bonds is 8. The minimum absolute atomic E-state index is 1.02. The second-order valence-electron chi connectivity index (χ2n) is 3.97. The Morgan fingerprint density at radius 3 is 2.06 bits per heavy atom. The van der Waals surface area contributed by atoms with Crippen LogP contribution in [0.2, 0.25) is 18.1 Å². The highest BCUT2D eigenvalue weighted by molar-refractivity contribution is 6.83. The van der Waals surface area contributed by atoms with Crippen molar-refractivity contribution in [3.05, 3.63) is 56.3 Å². The van der Waals surface area contributed by atoms with Crippen LogP contribution in [0, 0.1) is 0 Å². The molecule has 0 aliphatic heterocycles. The van der Waals surface area contributed by atoms with Crippen LogP contribution >= 0.6 is 0 Å². The van der Waals surface area contributed by atoms with Crippen molar-refractivity contribution in [1.29, 1.82) is 0 Å². The molecule has 0 atom stereocenters. The molecule has 0 aromatic carbocycles. The first-order valence-corrected chi connectivity index (χ1v) is 8.13. The fourth-order valence-electron chi connectivity index (χ4n) is 1.93. The highest BCUT2D eigenvalue weighted by Gasteiger charge is 2.29. The van der Waals surface area contributed by atoms with Crippen molar-refractivity contribution < 1.29 is 0 Å². The molecule has 3 heteroatoms. The van der Waals surface area contributed by atoms with E-state index in [-0.39, 0.29) is 0 Å². The van der Waals surface area contributed by atoms with E-state index in [9.17, 15) is 0 Å². The molecule has 86 valence electrons. The zero-order chi connectivity index (χ0) is 11.9. The van der Waals surface area contributed by atoms with Crippen LogP contribution in [0.15, 0.2) is 56.3 Å². The third-order valence-electron chi connectivity index (χ3n) is 2.60. The number of allylic oxidation sites excluding steroid dienone is 3. The normalized spacial score (nSPS) is 10.8. The molecule has 0 radical (unpaired) electrons. The summed E-state index contributed by atoms with van der Waals surface area (Å²) in [6.07, 6.45) is 7.91. The molecule has 1 rings (SSSR count). The van der Waals surface area contributed by atoms with E-state index in [1.54, 1.807) is 0 Å². The highest BCUT2D eigenvalue weighted by atomic mass is 28.3. The predicted molar refractivity (Wildman–Crippen MR) is 75.2 cm³/mol. The summed E-state index contributed by atoms with van der Waals surface area (Å²) in [5, 5.41) is 0. The van der Waals surface area contributed by atoms with Gasteiger partial charge in [0.2, 0.25) is 0 Å². The molecule has 0 saturated heterocycles. The predicted octanol–water partition coefficient (Wildman–Crippen LogP) is 3.93. The lowest BCUT2D eigenvalue weighted by molar-refractivity contribution is 1.30. The van der Waals surface area contributed by atoms with Crippen molar-refractivity contribution in [2.24, 2.45) is 0 Å². The first-order chi connectivity index (χ1) is 7.76. The minimum atomic E-state index is -1.64. The van der Waals surface area contributed by atoms with Crippen LogP contribution in [-0.4, -0.2) is 13.2 Å². The standard InChI is InChI=1S/C13H20N2Si/c1-4-10-16(11-5-2,12-6-3)15-13-8-7-9-14-13/h4-9,14-15H,1-3,10-12H2. The summed E-state index contributed by atoms with van der Waals surface area (Å²) in [6, 6.07) is 7.10. The number of hydrogen-bond donors (Lipinski definition) is 2.